The minimum Gasteiger partial charge on any atom is -0.481 e. The van der Waals surface area contributed by atoms with Gasteiger partial charge in [-0.1, -0.05) is 0 Å². The molecule has 0 aliphatic rings. The molecule has 0 spiro atoms. The molecule has 0 unspecified atom stereocenters. The highest BCUT2D eigenvalue weighted by atomic mass is 16.4. The van der Waals surface area contributed by atoms with E-state index in [2.05, 4.69) is 21.3 Å². The summed E-state index contributed by atoms with van der Waals surface area (Å²) in [5.41, 5.74) is 5.15. The van der Waals surface area contributed by atoms with Crippen LogP contribution in [-0.4, -0.2) is 84.6 Å². The lowest BCUT2D eigenvalue weighted by Gasteiger charge is -2.19. The number of nitrogens with two attached hydrogens (primary N) is 1. The lowest BCUT2D eigenvalue weighted by atomic mass is 10.1. The summed E-state index contributed by atoms with van der Waals surface area (Å²) in [6.45, 7) is -0.352. The second kappa shape index (κ2) is 13.7. The Hall–Kier alpha value is -3.42. The first-order valence-electron chi connectivity index (χ1n) is 8.60. The van der Waals surface area contributed by atoms with Crippen molar-refractivity contribution in [1.82, 2.24) is 26.6 Å². The molecule has 0 radical (unpaired) electrons. The molecule has 164 valence electrons. The first-order chi connectivity index (χ1) is 13.6. The van der Waals surface area contributed by atoms with Crippen molar-refractivity contribution < 1.29 is 34.2 Å². The van der Waals surface area contributed by atoms with Crippen LogP contribution in [0.4, 0.5) is 0 Å². The molecule has 0 rings (SSSR count). The van der Waals surface area contributed by atoms with Gasteiger partial charge in [-0.3, -0.25) is 24.6 Å². The molecular weight excluding hydrogens is 390 g/mol. The Labute approximate surface area is 166 Å². The summed E-state index contributed by atoms with van der Waals surface area (Å²) in [5.74, 6) is -5.21. The van der Waals surface area contributed by atoms with E-state index < -0.39 is 54.7 Å². The normalized spacial score (nSPS) is 12.2. The number of guanidine groups is 1. The number of nitrogens with one attached hydrogen (secondary N) is 6. The van der Waals surface area contributed by atoms with Crippen LogP contribution in [0.3, 0.4) is 0 Å². The molecule has 14 nitrogen and oxygen atoms in total. The average Bonchev–Trinajstić information content (AvgIpc) is 2.61. The van der Waals surface area contributed by atoms with Crippen molar-refractivity contribution in [3.63, 3.8) is 0 Å². The van der Waals surface area contributed by atoms with Gasteiger partial charge in [0, 0.05) is 6.54 Å². The number of carbonyl (C=O) groups excluding carboxylic acids is 3. The lowest BCUT2D eigenvalue weighted by molar-refractivity contribution is -0.147. The van der Waals surface area contributed by atoms with Crippen LogP contribution in [0.5, 0.6) is 0 Å². The van der Waals surface area contributed by atoms with Gasteiger partial charge in [0.2, 0.25) is 17.7 Å². The van der Waals surface area contributed by atoms with E-state index >= 15 is 0 Å². The van der Waals surface area contributed by atoms with Crippen LogP contribution in [0, 0.1) is 5.41 Å². The highest BCUT2D eigenvalue weighted by Gasteiger charge is 2.24. The number of carboxylic acid groups (broad SMARTS) is 2. The van der Waals surface area contributed by atoms with Crippen LogP contribution in [0.2, 0.25) is 0 Å². The molecule has 0 aliphatic heterocycles. The maximum Gasteiger partial charge on any atom is 0.326 e. The Morgan fingerprint density at radius 1 is 0.966 bits per heavy atom. The van der Waals surface area contributed by atoms with Crippen LogP contribution < -0.4 is 32.3 Å². The van der Waals surface area contributed by atoms with E-state index in [1.165, 1.54) is 0 Å². The van der Waals surface area contributed by atoms with E-state index in [0.717, 1.165) is 0 Å². The van der Waals surface area contributed by atoms with Gasteiger partial charge >= 0.3 is 11.9 Å². The standard InChI is InChI=1S/C15H27N7O7/c1-18-6-10(23)21-8(3-2-4-19-15(16)17)13(27)20-7-11(24)22-9(14(28)29)5-12(25)26/h8-9,18H,2-7H2,1H3,(H,20,27)(H,21,23)(H,22,24)(H,25,26)(H,28,29)(H4,16,17,19)/t8-,9-/m0/s1. The number of hydrogen-bond donors (Lipinski definition) is 9. The predicted molar refractivity (Wildman–Crippen MR) is 99.8 cm³/mol. The van der Waals surface area contributed by atoms with Crippen LogP contribution in [0.1, 0.15) is 19.3 Å². The topological polar surface area (TPSA) is 236 Å². The molecule has 14 heteroatoms. The molecule has 2 atom stereocenters. The van der Waals surface area contributed by atoms with Gasteiger partial charge in [0.25, 0.3) is 0 Å². The number of amides is 3. The number of rotatable bonds is 14. The van der Waals surface area contributed by atoms with Crippen molar-refractivity contribution >= 4 is 35.6 Å². The van der Waals surface area contributed by atoms with Crippen molar-refractivity contribution in [3.05, 3.63) is 0 Å². The Balaban J connectivity index is 4.72. The van der Waals surface area contributed by atoms with Gasteiger partial charge in [0.1, 0.15) is 12.1 Å². The minimum absolute atomic E-state index is 0.0363. The van der Waals surface area contributed by atoms with Crippen molar-refractivity contribution in [1.29, 1.82) is 5.41 Å². The third-order valence-corrected chi connectivity index (χ3v) is 3.41. The van der Waals surface area contributed by atoms with Gasteiger partial charge in [0.15, 0.2) is 5.96 Å². The second-order valence-corrected chi connectivity index (χ2v) is 5.91. The van der Waals surface area contributed by atoms with E-state index in [-0.39, 0.29) is 25.5 Å². The van der Waals surface area contributed by atoms with Crippen LogP contribution in [0.15, 0.2) is 0 Å². The highest BCUT2D eigenvalue weighted by Crippen LogP contribution is 1.98. The number of aliphatic carboxylic acids is 2. The zero-order chi connectivity index (χ0) is 22.4. The van der Waals surface area contributed by atoms with Gasteiger partial charge in [0.05, 0.1) is 19.5 Å². The molecule has 0 aromatic rings. The van der Waals surface area contributed by atoms with Crippen molar-refractivity contribution in [2.45, 2.75) is 31.3 Å². The fourth-order valence-corrected chi connectivity index (χ4v) is 2.11. The fraction of sp³-hybridized carbons (Fsp3) is 0.600. The van der Waals surface area contributed by atoms with E-state index in [1.54, 1.807) is 7.05 Å². The third-order valence-electron chi connectivity index (χ3n) is 3.41. The van der Waals surface area contributed by atoms with Crippen LogP contribution >= 0.6 is 0 Å². The van der Waals surface area contributed by atoms with E-state index in [1.807, 2.05) is 5.32 Å². The summed E-state index contributed by atoms with van der Waals surface area (Å²) in [5, 5.41) is 36.5. The minimum atomic E-state index is -1.64. The average molecular weight is 417 g/mol. The smallest absolute Gasteiger partial charge is 0.326 e. The Morgan fingerprint density at radius 2 is 1.55 bits per heavy atom. The first kappa shape index (κ1) is 25.6. The fourth-order valence-electron chi connectivity index (χ4n) is 2.11. The van der Waals surface area contributed by atoms with Crippen molar-refractivity contribution in [2.24, 2.45) is 5.73 Å². The number of carboxylic acids is 2. The lowest BCUT2D eigenvalue weighted by Crippen LogP contribution is -2.52. The van der Waals surface area contributed by atoms with Gasteiger partial charge in [-0.2, -0.15) is 0 Å². The van der Waals surface area contributed by atoms with Gasteiger partial charge in [-0.15, -0.1) is 0 Å². The van der Waals surface area contributed by atoms with E-state index in [4.69, 9.17) is 21.4 Å². The highest BCUT2D eigenvalue weighted by molar-refractivity contribution is 5.92. The number of likely N-dealkylation sites (N-methyl/N-ethyl adjacent to an activating group) is 1. The molecular formula is C15H27N7O7. The Bertz CT molecular complexity index is 626. The summed E-state index contributed by atoms with van der Waals surface area (Å²) in [6, 6.07) is -2.62. The summed E-state index contributed by atoms with van der Waals surface area (Å²) in [7, 11) is 1.55. The monoisotopic (exact) mass is 417 g/mol. The molecule has 0 bridgehead atoms. The summed E-state index contributed by atoms with van der Waals surface area (Å²) in [4.78, 5) is 57.4. The van der Waals surface area contributed by atoms with Crippen LogP contribution in [0.25, 0.3) is 0 Å². The SMILES string of the molecule is CNCC(=O)N[C@@H](CCCNC(=N)N)C(=O)NCC(=O)N[C@@H](CC(=O)O)C(=O)O. The summed E-state index contributed by atoms with van der Waals surface area (Å²) < 4.78 is 0. The number of carbonyl (C=O) groups is 5. The van der Waals surface area contributed by atoms with Crippen molar-refractivity contribution in [2.75, 3.05) is 26.7 Å². The predicted octanol–water partition coefficient (Wildman–Crippen LogP) is -3.89. The maximum absolute atomic E-state index is 12.3. The summed E-state index contributed by atoms with van der Waals surface area (Å²) >= 11 is 0. The molecule has 0 aromatic carbocycles. The zero-order valence-electron chi connectivity index (χ0n) is 15.9. The Kier molecular flexibility index (Phi) is 12.1. The third kappa shape index (κ3) is 12.6. The molecule has 0 aromatic heterocycles. The van der Waals surface area contributed by atoms with Gasteiger partial charge in [-0.25, -0.2) is 4.79 Å². The largest absolute Gasteiger partial charge is 0.481 e. The molecule has 0 saturated heterocycles. The Morgan fingerprint density at radius 3 is 2.07 bits per heavy atom. The first-order valence-corrected chi connectivity index (χ1v) is 8.60. The number of hydrogen-bond acceptors (Lipinski definition) is 7. The van der Waals surface area contributed by atoms with E-state index in [9.17, 15) is 24.0 Å². The molecule has 0 fully saturated rings. The molecule has 3 amide bonds. The molecule has 29 heavy (non-hydrogen) atoms. The molecule has 10 N–H and O–H groups in total. The second-order valence-electron chi connectivity index (χ2n) is 5.91. The zero-order valence-corrected chi connectivity index (χ0v) is 15.9. The van der Waals surface area contributed by atoms with Crippen LogP contribution in [-0.2, 0) is 24.0 Å². The quantitative estimate of drug-likeness (QED) is 0.0756. The van der Waals surface area contributed by atoms with Gasteiger partial charge < -0.3 is 42.5 Å². The van der Waals surface area contributed by atoms with Gasteiger partial charge in [-0.05, 0) is 19.9 Å². The maximum atomic E-state index is 12.3. The van der Waals surface area contributed by atoms with Crippen molar-refractivity contribution in [3.8, 4) is 0 Å². The molecule has 0 saturated carbocycles. The molecule has 0 aliphatic carbocycles. The summed E-state index contributed by atoms with van der Waals surface area (Å²) in [6.07, 6.45) is -0.260. The van der Waals surface area contributed by atoms with E-state index in [0.29, 0.717) is 6.42 Å². The molecule has 0 heterocycles.